The molecule has 0 aliphatic carbocycles. The molecular formula is C10H14N2+. The number of hydrogen-bond donors (Lipinski definition) is 0. The monoisotopic (exact) mass is 162 g/mol. The van der Waals surface area contributed by atoms with Crippen molar-refractivity contribution >= 4 is 6.21 Å². The minimum Gasteiger partial charge on any atom is -0.299 e. The maximum atomic E-state index is 4.14. The SMILES string of the molecule is CN1CCCC1C1=CC=C[N+]=C1. The molecule has 12 heavy (non-hydrogen) atoms. The van der Waals surface area contributed by atoms with Crippen molar-refractivity contribution in [2.45, 2.75) is 18.9 Å². The molecule has 1 radical (unpaired) electrons. The molecule has 0 amide bonds. The van der Waals surface area contributed by atoms with E-state index in [0.29, 0.717) is 6.04 Å². The number of aliphatic imine (C=N–C) groups is 1. The second-order valence-corrected chi connectivity index (χ2v) is 3.42. The third-order valence-electron chi connectivity index (χ3n) is 2.59. The van der Waals surface area contributed by atoms with E-state index in [4.69, 9.17) is 0 Å². The van der Waals surface area contributed by atoms with Gasteiger partial charge in [-0.2, -0.15) is 0 Å². The van der Waals surface area contributed by atoms with Gasteiger partial charge in [0.05, 0.1) is 4.99 Å². The fourth-order valence-corrected chi connectivity index (χ4v) is 1.90. The molecule has 2 heterocycles. The lowest BCUT2D eigenvalue weighted by Crippen LogP contribution is -2.28. The normalized spacial score (nSPS) is 29.4. The molecular weight excluding hydrogens is 148 g/mol. The van der Waals surface area contributed by atoms with Gasteiger partial charge in [-0.15, -0.1) is 0 Å². The van der Waals surface area contributed by atoms with Crippen molar-refractivity contribution in [3.63, 3.8) is 0 Å². The van der Waals surface area contributed by atoms with Crippen molar-refractivity contribution in [2.24, 2.45) is 0 Å². The van der Waals surface area contributed by atoms with Crippen LogP contribution in [0.25, 0.3) is 0 Å². The van der Waals surface area contributed by atoms with Crippen LogP contribution in [0.3, 0.4) is 0 Å². The summed E-state index contributed by atoms with van der Waals surface area (Å²) >= 11 is 0. The average molecular weight is 162 g/mol. The highest BCUT2D eigenvalue weighted by atomic mass is 15.1. The number of nitrogens with zero attached hydrogens (tertiary/aromatic N) is 2. The van der Waals surface area contributed by atoms with Crippen molar-refractivity contribution in [1.29, 1.82) is 0 Å². The third-order valence-corrected chi connectivity index (χ3v) is 2.59. The van der Waals surface area contributed by atoms with Crippen LogP contribution in [0.2, 0.25) is 0 Å². The van der Waals surface area contributed by atoms with E-state index in [2.05, 4.69) is 23.0 Å². The molecule has 2 heteroatoms. The zero-order valence-electron chi connectivity index (χ0n) is 7.40. The largest absolute Gasteiger partial charge is 0.299 e. The highest BCUT2D eigenvalue weighted by molar-refractivity contribution is 5.81. The lowest BCUT2D eigenvalue weighted by atomic mass is 10.0. The van der Waals surface area contributed by atoms with E-state index in [1.807, 2.05) is 18.5 Å². The Labute approximate surface area is 73.3 Å². The van der Waals surface area contributed by atoms with Crippen LogP contribution in [0.15, 0.2) is 23.9 Å². The van der Waals surface area contributed by atoms with Crippen molar-refractivity contribution in [2.75, 3.05) is 13.6 Å². The van der Waals surface area contributed by atoms with E-state index < -0.39 is 0 Å². The Morgan fingerprint density at radius 1 is 1.58 bits per heavy atom. The summed E-state index contributed by atoms with van der Waals surface area (Å²) in [5.41, 5.74) is 1.36. The van der Waals surface area contributed by atoms with Crippen LogP contribution in [0.1, 0.15) is 12.8 Å². The highest BCUT2D eigenvalue weighted by Gasteiger charge is 2.25. The Kier molecular flexibility index (Phi) is 2.09. The lowest BCUT2D eigenvalue weighted by Gasteiger charge is -2.18. The van der Waals surface area contributed by atoms with Crippen LogP contribution in [-0.4, -0.2) is 30.7 Å². The van der Waals surface area contributed by atoms with Gasteiger partial charge in [0.2, 0.25) is 12.4 Å². The van der Waals surface area contributed by atoms with Gasteiger partial charge in [-0.1, -0.05) is 0 Å². The van der Waals surface area contributed by atoms with Gasteiger partial charge in [-0.3, -0.25) is 4.90 Å². The molecule has 0 N–H and O–H groups in total. The quantitative estimate of drug-likeness (QED) is 0.561. The van der Waals surface area contributed by atoms with Gasteiger partial charge < -0.3 is 0 Å². The van der Waals surface area contributed by atoms with Crippen LogP contribution < -0.4 is 4.99 Å². The van der Waals surface area contributed by atoms with E-state index in [1.165, 1.54) is 25.0 Å². The summed E-state index contributed by atoms with van der Waals surface area (Å²) < 4.78 is 0. The van der Waals surface area contributed by atoms with Crippen molar-refractivity contribution < 1.29 is 0 Å². The number of hydrogen-bond acceptors (Lipinski definition) is 2. The van der Waals surface area contributed by atoms with Crippen LogP contribution in [0, 0.1) is 0 Å². The topological polar surface area (TPSA) is 17.3 Å². The summed E-state index contributed by atoms with van der Waals surface area (Å²) in [7, 11) is 2.19. The van der Waals surface area contributed by atoms with Crippen molar-refractivity contribution in [3.8, 4) is 0 Å². The summed E-state index contributed by atoms with van der Waals surface area (Å²) in [5.74, 6) is 0. The van der Waals surface area contributed by atoms with Gasteiger partial charge in [-0.25, -0.2) is 0 Å². The van der Waals surface area contributed by atoms with Gasteiger partial charge in [0.1, 0.15) is 0 Å². The van der Waals surface area contributed by atoms with Gasteiger partial charge >= 0.3 is 0 Å². The molecule has 2 aliphatic rings. The third kappa shape index (κ3) is 1.34. The molecule has 0 aromatic rings. The Hall–Kier alpha value is -0.890. The molecule has 63 valence electrons. The predicted molar refractivity (Wildman–Crippen MR) is 51.1 cm³/mol. The Morgan fingerprint density at radius 3 is 3.08 bits per heavy atom. The highest BCUT2D eigenvalue weighted by Crippen LogP contribution is 2.21. The van der Waals surface area contributed by atoms with Gasteiger partial charge in [0, 0.05) is 17.7 Å². The van der Waals surface area contributed by atoms with Crippen molar-refractivity contribution in [1.82, 2.24) is 9.89 Å². The maximum Gasteiger partial charge on any atom is 0.246 e. The first kappa shape index (κ1) is 7.74. The van der Waals surface area contributed by atoms with E-state index >= 15 is 0 Å². The second kappa shape index (κ2) is 3.23. The van der Waals surface area contributed by atoms with Crippen LogP contribution in [0.4, 0.5) is 0 Å². The first-order chi connectivity index (χ1) is 5.88. The standard InChI is InChI=1S/C10H14N2/c1-12-7-3-5-10(12)9-4-2-6-11-8-9/h2,4,6,8,10H,3,5,7H2,1H3/q+1. The molecule has 0 aromatic carbocycles. The summed E-state index contributed by atoms with van der Waals surface area (Å²) in [6, 6.07) is 0.610. The molecule has 2 aliphatic heterocycles. The minimum atomic E-state index is 0.610. The first-order valence-electron chi connectivity index (χ1n) is 4.48. The predicted octanol–water partition coefficient (Wildman–Crippen LogP) is 0.941. The molecule has 1 atom stereocenters. The van der Waals surface area contributed by atoms with E-state index in [1.54, 1.807) is 0 Å². The van der Waals surface area contributed by atoms with Crippen LogP contribution in [0.5, 0.6) is 0 Å². The average Bonchev–Trinajstić information content (AvgIpc) is 2.53. The van der Waals surface area contributed by atoms with E-state index in [9.17, 15) is 0 Å². The molecule has 0 aromatic heterocycles. The smallest absolute Gasteiger partial charge is 0.246 e. The van der Waals surface area contributed by atoms with Gasteiger partial charge in [-0.05, 0) is 32.5 Å². The van der Waals surface area contributed by atoms with E-state index in [0.717, 1.165) is 0 Å². The number of allylic oxidation sites excluding steroid dienone is 2. The summed E-state index contributed by atoms with van der Waals surface area (Å²) in [6.07, 6.45) is 10.6. The van der Waals surface area contributed by atoms with Crippen LogP contribution in [-0.2, 0) is 0 Å². The molecule has 0 spiro atoms. The summed E-state index contributed by atoms with van der Waals surface area (Å²) in [4.78, 5) is 6.54. The van der Waals surface area contributed by atoms with Crippen LogP contribution >= 0.6 is 0 Å². The number of likely N-dealkylation sites (N-methyl/N-ethyl adjacent to an activating group) is 1. The molecule has 0 saturated carbocycles. The van der Waals surface area contributed by atoms with E-state index in [-0.39, 0.29) is 0 Å². The molecule has 1 fully saturated rings. The van der Waals surface area contributed by atoms with Gasteiger partial charge in [0.25, 0.3) is 0 Å². The van der Waals surface area contributed by atoms with Crippen molar-refractivity contribution in [3.05, 3.63) is 23.9 Å². The lowest BCUT2D eigenvalue weighted by molar-refractivity contribution is 0.351. The fourth-order valence-electron chi connectivity index (χ4n) is 1.90. The summed E-state index contributed by atoms with van der Waals surface area (Å²) in [6.45, 7) is 1.22. The molecule has 1 unspecified atom stereocenters. The molecule has 1 saturated heterocycles. The Morgan fingerprint density at radius 2 is 2.50 bits per heavy atom. The fraction of sp³-hybridized carbons (Fsp3) is 0.500. The van der Waals surface area contributed by atoms with Gasteiger partial charge in [0.15, 0.2) is 0 Å². The Bertz CT molecular complexity index is 251. The summed E-state index contributed by atoms with van der Waals surface area (Å²) in [5, 5.41) is 0. The molecule has 2 nitrogen and oxygen atoms in total. The molecule has 0 bridgehead atoms. The number of likely N-dealkylation sites (tertiary alicyclic amines) is 1. The zero-order valence-corrected chi connectivity index (χ0v) is 7.40. The second-order valence-electron chi connectivity index (χ2n) is 3.42. The Balaban J connectivity index is 2.13. The first-order valence-corrected chi connectivity index (χ1v) is 4.48. The molecule has 2 rings (SSSR count). The zero-order chi connectivity index (χ0) is 8.39. The number of rotatable bonds is 1. The maximum absolute atomic E-state index is 4.14. The minimum absolute atomic E-state index is 0.610.